The third-order valence-electron chi connectivity index (χ3n) is 3.99. The average Bonchev–Trinajstić information content (AvgIpc) is 2.98. The summed E-state index contributed by atoms with van der Waals surface area (Å²) in [6.07, 6.45) is 2.23. The van der Waals surface area contributed by atoms with E-state index >= 15 is 0 Å². The molecule has 2 aromatic rings. The summed E-state index contributed by atoms with van der Waals surface area (Å²) in [4.78, 5) is 18.8. The molecule has 1 unspecified atom stereocenters. The average molecular weight is 315 g/mol. The van der Waals surface area contributed by atoms with Gasteiger partial charge in [0, 0.05) is 20.0 Å². The quantitative estimate of drug-likeness (QED) is 0.868. The number of para-hydroxylation sites is 1. The zero-order chi connectivity index (χ0) is 16.2. The fourth-order valence-corrected chi connectivity index (χ4v) is 2.86. The van der Waals surface area contributed by atoms with Crippen LogP contribution in [0.2, 0.25) is 0 Å². The van der Waals surface area contributed by atoms with Crippen molar-refractivity contribution in [2.75, 3.05) is 13.1 Å². The Bertz CT molecular complexity index is 683. The molecule has 1 aromatic carbocycles. The number of likely N-dealkylation sites (tertiary alicyclic amines) is 1. The number of hydrogen-bond donors (Lipinski definition) is 0. The Kier molecular flexibility index (Phi) is 4.60. The van der Waals surface area contributed by atoms with Crippen molar-refractivity contribution in [2.24, 2.45) is 5.92 Å². The van der Waals surface area contributed by atoms with Gasteiger partial charge < -0.3 is 14.2 Å². The summed E-state index contributed by atoms with van der Waals surface area (Å²) in [5, 5.41) is 3.80. The van der Waals surface area contributed by atoms with Gasteiger partial charge in [0.2, 0.25) is 11.7 Å². The minimum Gasteiger partial charge on any atom is -0.485 e. The second kappa shape index (κ2) is 6.81. The fraction of sp³-hybridized carbons (Fsp3) is 0.471. The van der Waals surface area contributed by atoms with E-state index in [2.05, 4.69) is 17.1 Å². The molecule has 1 saturated heterocycles. The van der Waals surface area contributed by atoms with Gasteiger partial charge in [-0.25, -0.2) is 0 Å². The van der Waals surface area contributed by atoms with Crippen LogP contribution in [0.4, 0.5) is 0 Å². The maximum atomic E-state index is 12.8. The zero-order valence-electron chi connectivity index (χ0n) is 13.5. The topological polar surface area (TPSA) is 68.5 Å². The molecule has 23 heavy (non-hydrogen) atoms. The molecule has 2 heterocycles. The number of aromatic nitrogens is 2. The van der Waals surface area contributed by atoms with E-state index in [9.17, 15) is 4.79 Å². The lowest BCUT2D eigenvalue weighted by Gasteiger charge is -2.31. The molecule has 3 rings (SSSR count). The molecule has 1 aliphatic heterocycles. The monoisotopic (exact) mass is 315 g/mol. The number of nitrogens with zero attached hydrogens (tertiary/aromatic N) is 3. The lowest BCUT2D eigenvalue weighted by Crippen LogP contribution is -2.39. The predicted octanol–water partition coefficient (Wildman–Crippen LogP) is 2.83. The van der Waals surface area contributed by atoms with Gasteiger partial charge >= 0.3 is 0 Å². The van der Waals surface area contributed by atoms with Crippen molar-refractivity contribution in [1.82, 2.24) is 15.0 Å². The molecule has 1 aliphatic rings. The Morgan fingerprint density at radius 1 is 1.43 bits per heavy atom. The van der Waals surface area contributed by atoms with Gasteiger partial charge in [0.25, 0.3) is 5.91 Å². The molecule has 0 bridgehead atoms. The first kappa shape index (κ1) is 15.5. The van der Waals surface area contributed by atoms with E-state index in [1.54, 1.807) is 19.1 Å². The molecule has 1 aromatic heterocycles. The summed E-state index contributed by atoms with van der Waals surface area (Å²) in [6.45, 7) is 5.70. The SMILES string of the molecule is Cc1nc(COc2ccccc2C(=O)N2CCCC(C)C2)no1. The fourth-order valence-electron chi connectivity index (χ4n) is 2.86. The van der Waals surface area contributed by atoms with E-state index in [-0.39, 0.29) is 12.5 Å². The maximum Gasteiger partial charge on any atom is 0.257 e. The number of ether oxygens (including phenoxy) is 1. The van der Waals surface area contributed by atoms with E-state index < -0.39 is 0 Å². The van der Waals surface area contributed by atoms with Crippen LogP contribution in [0.15, 0.2) is 28.8 Å². The molecule has 0 spiro atoms. The van der Waals surface area contributed by atoms with Crippen LogP contribution in [0.3, 0.4) is 0 Å². The summed E-state index contributed by atoms with van der Waals surface area (Å²) >= 11 is 0. The largest absolute Gasteiger partial charge is 0.485 e. The Labute approximate surface area is 135 Å². The number of rotatable bonds is 4. The summed E-state index contributed by atoms with van der Waals surface area (Å²) in [5.74, 6) is 2.09. The molecular weight excluding hydrogens is 294 g/mol. The molecule has 1 fully saturated rings. The van der Waals surface area contributed by atoms with Gasteiger partial charge in [-0.15, -0.1) is 0 Å². The Balaban J connectivity index is 1.73. The third kappa shape index (κ3) is 3.70. The molecule has 122 valence electrons. The third-order valence-corrected chi connectivity index (χ3v) is 3.99. The lowest BCUT2D eigenvalue weighted by atomic mass is 9.99. The van der Waals surface area contributed by atoms with Gasteiger partial charge in [0.15, 0.2) is 6.61 Å². The van der Waals surface area contributed by atoms with Crippen molar-refractivity contribution in [3.8, 4) is 5.75 Å². The van der Waals surface area contributed by atoms with Crippen LogP contribution in [0.1, 0.15) is 41.8 Å². The van der Waals surface area contributed by atoms with Crippen molar-refractivity contribution < 1.29 is 14.1 Å². The van der Waals surface area contributed by atoms with Gasteiger partial charge in [-0.2, -0.15) is 4.98 Å². The zero-order valence-corrected chi connectivity index (χ0v) is 13.5. The lowest BCUT2D eigenvalue weighted by molar-refractivity contribution is 0.0678. The number of benzene rings is 1. The summed E-state index contributed by atoms with van der Waals surface area (Å²) in [5.41, 5.74) is 0.585. The summed E-state index contributed by atoms with van der Waals surface area (Å²) in [7, 11) is 0. The van der Waals surface area contributed by atoms with E-state index in [0.29, 0.717) is 28.9 Å². The van der Waals surface area contributed by atoms with Crippen LogP contribution >= 0.6 is 0 Å². The highest BCUT2D eigenvalue weighted by molar-refractivity contribution is 5.97. The van der Waals surface area contributed by atoms with Crippen LogP contribution in [-0.2, 0) is 6.61 Å². The Morgan fingerprint density at radius 2 is 2.26 bits per heavy atom. The Hall–Kier alpha value is -2.37. The normalized spacial score (nSPS) is 18.0. The first-order chi connectivity index (χ1) is 11.1. The Morgan fingerprint density at radius 3 is 3.00 bits per heavy atom. The number of amides is 1. The minimum absolute atomic E-state index is 0.0245. The highest BCUT2D eigenvalue weighted by Gasteiger charge is 2.24. The van der Waals surface area contributed by atoms with Gasteiger partial charge in [0.05, 0.1) is 5.56 Å². The van der Waals surface area contributed by atoms with Crippen LogP contribution in [0.25, 0.3) is 0 Å². The van der Waals surface area contributed by atoms with Crippen LogP contribution in [0, 0.1) is 12.8 Å². The highest BCUT2D eigenvalue weighted by Crippen LogP contribution is 2.24. The highest BCUT2D eigenvalue weighted by atomic mass is 16.5. The number of hydrogen-bond acceptors (Lipinski definition) is 5. The van der Waals surface area contributed by atoms with E-state index in [1.807, 2.05) is 17.0 Å². The number of carbonyl (C=O) groups excluding carboxylic acids is 1. The van der Waals surface area contributed by atoms with E-state index in [1.165, 1.54) is 6.42 Å². The summed E-state index contributed by atoms with van der Waals surface area (Å²) < 4.78 is 10.7. The van der Waals surface area contributed by atoms with Crippen molar-refractivity contribution in [1.29, 1.82) is 0 Å². The minimum atomic E-state index is 0.0245. The van der Waals surface area contributed by atoms with Crippen LogP contribution < -0.4 is 4.74 Å². The van der Waals surface area contributed by atoms with Gasteiger partial charge in [-0.3, -0.25) is 4.79 Å². The first-order valence-corrected chi connectivity index (χ1v) is 7.94. The second-order valence-electron chi connectivity index (χ2n) is 6.01. The van der Waals surface area contributed by atoms with Gasteiger partial charge in [-0.1, -0.05) is 24.2 Å². The first-order valence-electron chi connectivity index (χ1n) is 7.94. The second-order valence-corrected chi connectivity index (χ2v) is 6.01. The molecule has 0 N–H and O–H groups in total. The molecular formula is C17H21N3O3. The van der Waals surface area contributed by atoms with E-state index in [4.69, 9.17) is 9.26 Å². The van der Waals surface area contributed by atoms with Crippen molar-refractivity contribution in [3.63, 3.8) is 0 Å². The summed E-state index contributed by atoms with van der Waals surface area (Å²) in [6, 6.07) is 7.31. The standard InChI is InChI=1S/C17H21N3O3/c1-12-6-5-9-20(10-12)17(21)14-7-3-4-8-15(14)22-11-16-18-13(2)23-19-16/h3-4,7-8,12H,5-6,9-11H2,1-2H3. The smallest absolute Gasteiger partial charge is 0.257 e. The molecule has 6 heteroatoms. The van der Waals surface area contributed by atoms with Crippen LogP contribution in [0.5, 0.6) is 5.75 Å². The molecule has 0 saturated carbocycles. The van der Waals surface area contributed by atoms with Crippen molar-refractivity contribution in [2.45, 2.75) is 33.3 Å². The molecule has 1 amide bonds. The van der Waals surface area contributed by atoms with Crippen LogP contribution in [-0.4, -0.2) is 34.0 Å². The molecule has 0 radical (unpaired) electrons. The molecule has 1 atom stereocenters. The van der Waals surface area contributed by atoms with Gasteiger partial charge in [0.1, 0.15) is 5.75 Å². The van der Waals surface area contributed by atoms with Gasteiger partial charge in [-0.05, 0) is 30.9 Å². The maximum absolute atomic E-state index is 12.8. The van der Waals surface area contributed by atoms with Crippen molar-refractivity contribution in [3.05, 3.63) is 41.5 Å². The molecule has 0 aliphatic carbocycles. The number of carbonyl (C=O) groups is 1. The van der Waals surface area contributed by atoms with Crippen molar-refractivity contribution >= 4 is 5.91 Å². The number of aryl methyl sites for hydroxylation is 1. The number of piperidine rings is 1. The predicted molar refractivity (Wildman–Crippen MR) is 84.1 cm³/mol. The molecule has 6 nitrogen and oxygen atoms in total. The van der Waals surface area contributed by atoms with E-state index in [0.717, 1.165) is 19.5 Å².